The molecule has 0 bridgehead atoms. The van der Waals surface area contributed by atoms with Gasteiger partial charge in [0, 0.05) is 16.6 Å². The van der Waals surface area contributed by atoms with Crippen LogP contribution in [0.2, 0.25) is 0 Å². The van der Waals surface area contributed by atoms with Gasteiger partial charge in [0.2, 0.25) is 0 Å². The molecule has 16 heavy (non-hydrogen) atoms. The summed E-state index contributed by atoms with van der Waals surface area (Å²) in [6.07, 6.45) is 1.53. The molecule has 2 nitrogen and oxygen atoms in total. The van der Waals surface area contributed by atoms with Crippen molar-refractivity contribution in [2.45, 2.75) is 25.8 Å². The Morgan fingerprint density at radius 1 is 1.44 bits per heavy atom. The van der Waals surface area contributed by atoms with Crippen LogP contribution in [0.5, 0.6) is 0 Å². The fourth-order valence-electron chi connectivity index (χ4n) is 1.34. The molecule has 1 atom stereocenters. The third-order valence-electron chi connectivity index (χ3n) is 2.26. The number of amides is 1. The summed E-state index contributed by atoms with van der Waals surface area (Å²) in [5, 5.41) is 3.54. The molecule has 1 rings (SSSR count). The lowest BCUT2D eigenvalue weighted by atomic mass is 10.1. The van der Waals surface area contributed by atoms with Crippen LogP contribution in [0.4, 0.5) is 0 Å². The van der Waals surface area contributed by atoms with Gasteiger partial charge in [-0.1, -0.05) is 36.4 Å². The third-order valence-corrected chi connectivity index (χ3v) is 2.45. The van der Waals surface area contributed by atoms with Crippen molar-refractivity contribution in [3.8, 4) is 0 Å². The van der Waals surface area contributed by atoms with Crippen molar-refractivity contribution in [2.75, 3.05) is 0 Å². The normalized spacial score (nSPS) is 11.9. The molecule has 0 saturated carbocycles. The zero-order valence-corrected chi connectivity index (χ0v) is 10.1. The maximum absolute atomic E-state index is 11.7. The Hall–Kier alpha value is -1.28. The van der Waals surface area contributed by atoms with Crippen LogP contribution < -0.4 is 5.32 Å². The van der Waals surface area contributed by atoms with Crippen molar-refractivity contribution >= 4 is 17.5 Å². The lowest BCUT2D eigenvalue weighted by Gasteiger charge is -2.13. The third kappa shape index (κ3) is 4.49. The first-order chi connectivity index (χ1) is 7.59. The Kier molecular flexibility index (Phi) is 5.06. The molecular weight excluding hydrogens is 222 g/mol. The molecule has 1 unspecified atom stereocenters. The fraction of sp³-hybridized carbons (Fsp3) is 0.308. The second kappa shape index (κ2) is 6.33. The highest BCUT2D eigenvalue weighted by Crippen LogP contribution is 2.09. The van der Waals surface area contributed by atoms with Gasteiger partial charge in [0.25, 0.3) is 5.91 Å². The van der Waals surface area contributed by atoms with E-state index in [9.17, 15) is 4.79 Å². The van der Waals surface area contributed by atoms with Gasteiger partial charge >= 0.3 is 0 Å². The van der Waals surface area contributed by atoms with Crippen LogP contribution >= 0.6 is 11.6 Å². The Morgan fingerprint density at radius 3 is 2.62 bits per heavy atom. The predicted octanol–water partition coefficient (Wildman–Crippen LogP) is 3.34. The predicted molar refractivity (Wildman–Crippen MR) is 67.6 cm³/mol. The van der Waals surface area contributed by atoms with E-state index in [1.54, 1.807) is 12.1 Å². The monoisotopic (exact) mass is 237 g/mol. The van der Waals surface area contributed by atoms with Gasteiger partial charge in [-0.15, -0.1) is 0 Å². The number of allylic oxidation sites excluding steroid dienone is 1. The minimum atomic E-state index is -0.0479. The van der Waals surface area contributed by atoms with E-state index in [4.69, 9.17) is 11.6 Å². The van der Waals surface area contributed by atoms with E-state index in [0.29, 0.717) is 10.6 Å². The van der Waals surface area contributed by atoms with Crippen molar-refractivity contribution < 1.29 is 4.79 Å². The second-order valence-electron chi connectivity index (χ2n) is 3.80. The summed E-state index contributed by atoms with van der Waals surface area (Å²) in [4.78, 5) is 11.7. The summed E-state index contributed by atoms with van der Waals surface area (Å²) in [5.74, 6) is -0.0479. The summed E-state index contributed by atoms with van der Waals surface area (Å²) in [7, 11) is 0. The van der Waals surface area contributed by atoms with E-state index in [-0.39, 0.29) is 11.9 Å². The molecule has 0 aromatic heterocycles. The number of carbonyl (C=O) groups excluding carboxylic acids is 1. The fourth-order valence-corrected chi connectivity index (χ4v) is 1.45. The van der Waals surface area contributed by atoms with Crippen molar-refractivity contribution in [3.63, 3.8) is 0 Å². The molecule has 0 spiro atoms. The van der Waals surface area contributed by atoms with Crippen molar-refractivity contribution in [1.29, 1.82) is 0 Å². The molecule has 0 saturated heterocycles. The van der Waals surface area contributed by atoms with Crippen molar-refractivity contribution in [1.82, 2.24) is 5.32 Å². The molecule has 0 radical (unpaired) electrons. The lowest BCUT2D eigenvalue weighted by molar-refractivity contribution is 0.0938. The van der Waals surface area contributed by atoms with Crippen LogP contribution in [-0.4, -0.2) is 11.9 Å². The summed E-state index contributed by atoms with van der Waals surface area (Å²) < 4.78 is 0. The molecule has 1 N–H and O–H groups in total. The minimum Gasteiger partial charge on any atom is -0.350 e. The summed E-state index contributed by atoms with van der Waals surface area (Å²) in [6.45, 7) is 5.58. The molecule has 1 aromatic carbocycles. The first-order valence-corrected chi connectivity index (χ1v) is 5.66. The number of nitrogens with one attached hydrogen (secondary N) is 1. The number of hydrogen-bond acceptors (Lipinski definition) is 1. The van der Waals surface area contributed by atoms with E-state index < -0.39 is 0 Å². The average molecular weight is 238 g/mol. The van der Waals surface area contributed by atoms with Crippen molar-refractivity contribution in [3.05, 3.63) is 47.5 Å². The molecular formula is C13H16ClNO. The number of halogens is 1. The first kappa shape index (κ1) is 12.8. The molecule has 86 valence electrons. The van der Waals surface area contributed by atoms with Crippen LogP contribution in [0.25, 0.3) is 0 Å². The van der Waals surface area contributed by atoms with E-state index in [0.717, 1.165) is 12.8 Å². The maximum atomic E-state index is 11.7. The minimum absolute atomic E-state index is 0.0479. The number of rotatable bonds is 5. The summed E-state index contributed by atoms with van der Waals surface area (Å²) >= 11 is 5.67. The van der Waals surface area contributed by atoms with E-state index in [2.05, 4.69) is 11.9 Å². The van der Waals surface area contributed by atoms with Gasteiger partial charge in [0.15, 0.2) is 0 Å². The highest BCUT2D eigenvalue weighted by atomic mass is 35.5. The molecule has 1 aromatic rings. The Balaban J connectivity index is 2.43. The van der Waals surface area contributed by atoms with Crippen LogP contribution in [-0.2, 0) is 0 Å². The van der Waals surface area contributed by atoms with Crippen LogP contribution in [0, 0.1) is 0 Å². The number of benzene rings is 1. The quantitative estimate of drug-likeness (QED) is 0.836. The number of carbonyl (C=O) groups is 1. The highest BCUT2D eigenvalue weighted by Gasteiger charge is 2.08. The zero-order chi connectivity index (χ0) is 12.0. The smallest absolute Gasteiger partial charge is 0.251 e. The molecule has 1 amide bonds. The van der Waals surface area contributed by atoms with E-state index in [1.165, 1.54) is 0 Å². The Labute approximate surface area is 101 Å². The van der Waals surface area contributed by atoms with Gasteiger partial charge in [-0.3, -0.25) is 4.79 Å². The van der Waals surface area contributed by atoms with Crippen LogP contribution in [0.15, 0.2) is 41.9 Å². The zero-order valence-electron chi connectivity index (χ0n) is 9.37. The molecule has 0 aliphatic heterocycles. The average Bonchev–Trinajstić information content (AvgIpc) is 2.27. The van der Waals surface area contributed by atoms with Gasteiger partial charge in [0.1, 0.15) is 0 Å². The Bertz CT molecular complexity index is 361. The molecule has 0 heterocycles. The number of hydrogen-bond donors (Lipinski definition) is 1. The summed E-state index contributed by atoms with van der Waals surface area (Å²) in [6, 6.07) is 9.27. The van der Waals surface area contributed by atoms with Crippen molar-refractivity contribution in [2.24, 2.45) is 0 Å². The Morgan fingerprint density at radius 2 is 2.06 bits per heavy atom. The molecule has 0 aliphatic rings. The highest BCUT2D eigenvalue weighted by molar-refractivity contribution is 6.29. The van der Waals surface area contributed by atoms with Gasteiger partial charge in [0.05, 0.1) is 0 Å². The van der Waals surface area contributed by atoms with Crippen LogP contribution in [0.1, 0.15) is 30.1 Å². The maximum Gasteiger partial charge on any atom is 0.251 e. The first-order valence-electron chi connectivity index (χ1n) is 5.29. The van der Waals surface area contributed by atoms with Crippen LogP contribution in [0.3, 0.4) is 0 Å². The molecule has 3 heteroatoms. The van der Waals surface area contributed by atoms with E-state index in [1.807, 2.05) is 25.1 Å². The molecule has 0 fully saturated rings. The van der Waals surface area contributed by atoms with Gasteiger partial charge < -0.3 is 5.32 Å². The largest absolute Gasteiger partial charge is 0.350 e. The summed E-state index contributed by atoms with van der Waals surface area (Å²) in [5.41, 5.74) is 0.680. The topological polar surface area (TPSA) is 29.1 Å². The van der Waals surface area contributed by atoms with Gasteiger partial charge in [-0.25, -0.2) is 0 Å². The van der Waals surface area contributed by atoms with Gasteiger partial charge in [-0.05, 0) is 31.9 Å². The molecule has 0 aliphatic carbocycles. The lowest BCUT2D eigenvalue weighted by Crippen LogP contribution is -2.32. The second-order valence-corrected chi connectivity index (χ2v) is 4.33. The standard InChI is InChI=1S/C13H16ClNO/c1-10(14)8-9-11(2)15-13(16)12-6-4-3-5-7-12/h3-7,11H,1,8-9H2,2H3,(H,15,16). The van der Waals surface area contributed by atoms with Gasteiger partial charge in [-0.2, -0.15) is 0 Å². The SMILES string of the molecule is C=C(Cl)CCC(C)NC(=O)c1ccccc1. The van der Waals surface area contributed by atoms with E-state index >= 15 is 0 Å².